The first kappa shape index (κ1) is 29.8. The molecule has 4 nitrogen and oxygen atoms in total. The molecular weight excluding hydrogens is 647 g/mol. The molecule has 10 aromatic rings. The first-order valence-corrected chi connectivity index (χ1v) is 18.2. The smallest absolute Gasteiger partial charge is 0.164 e. The zero-order chi connectivity index (χ0) is 34.9. The molecule has 248 valence electrons. The van der Waals surface area contributed by atoms with Gasteiger partial charge in [0, 0.05) is 34.1 Å². The minimum atomic E-state index is 0.639. The topological polar surface area (TPSA) is 51.8 Å². The number of aryl methyl sites for hydroxylation is 1. The molecule has 2 aromatic heterocycles. The third kappa shape index (κ3) is 4.73. The zero-order valence-electron chi connectivity index (χ0n) is 28.8. The van der Waals surface area contributed by atoms with Gasteiger partial charge in [0.15, 0.2) is 17.5 Å². The highest BCUT2D eigenvalue weighted by atomic mass is 16.3. The molecule has 0 radical (unpaired) electrons. The largest absolute Gasteiger partial charge is 0.460 e. The van der Waals surface area contributed by atoms with Crippen LogP contribution in [-0.2, 0) is 6.42 Å². The summed E-state index contributed by atoms with van der Waals surface area (Å²) in [6.45, 7) is 0. The van der Waals surface area contributed by atoms with E-state index in [1.165, 1.54) is 32.5 Å². The van der Waals surface area contributed by atoms with E-state index >= 15 is 0 Å². The third-order valence-corrected chi connectivity index (χ3v) is 10.8. The zero-order valence-corrected chi connectivity index (χ0v) is 28.8. The summed E-state index contributed by atoms with van der Waals surface area (Å²) < 4.78 is 6.37. The van der Waals surface area contributed by atoms with Crippen LogP contribution in [0.2, 0.25) is 0 Å². The maximum absolute atomic E-state index is 6.37. The first-order chi connectivity index (χ1) is 26.3. The van der Waals surface area contributed by atoms with Crippen LogP contribution in [0.5, 0.6) is 0 Å². The van der Waals surface area contributed by atoms with E-state index in [-0.39, 0.29) is 0 Å². The fourth-order valence-corrected chi connectivity index (χ4v) is 8.35. The van der Waals surface area contributed by atoms with Gasteiger partial charge in [-0.1, -0.05) is 152 Å². The van der Waals surface area contributed by atoms with Gasteiger partial charge in [-0.2, -0.15) is 0 Å². The number of rotatable bonds is 4. The van der Waals surface area contributed by atoms with E-state index in [0.29, 0.717) is 17.5 Å². The van der Waals surface area contributed by atoms with E-state index in [4.69, 9.17) is 19.4 Å². The van der Waals surface area contributed by atoms with Crippen LogP contribution in [0.25, 0.3) is 105 Å². The molecule has 2 heterocycles. The molecule has 0 saturated heterocycles. The second kappa shape index (κ2) is 11.8. The molecule has 0 fully saturated rings. The van der Waals surface area contributed by atoms with Crippen LogP contribution in [0.4, 0.5) is 0 Å². The molecule has 0 spiro atoms. The average molecular weight is 678 g/mol. The van der Waals surface area contributed by atoms with Gasteiger partial charge in [-0.15, -0.1) is 0 Å². The summed E-state index contributed by atoms with van der Waals surface area (Å²) in [4.78, 5) is 15.8. The van der Waals surface area contributed by atoms with Crippen molar-refractivity contribution in [3.05, 3.63) is 169 Å². The van der Waals surface area contributed by atoms with Crippen molar-refractivity contribution < 1.29 is 4.42 Å². The Labute approximate surface area is 305 Å². The second-order valence-electron chi connectivity index (χ2n) is 13.8. The van der Waals surface area contributed by atoms with Crippen molar-refractivity contribution >= 4 is 60.1 Å². The van der Waals surface area contributed by atoms with E-state index in [1.807, 2.05) is 18.2 Å². The summed E-state index contributed by atoms with van der Waals surface area (Å²) in [6, 6.07) is 53.5. The van der Waals surface area contributed by atoms with Crippen LogP contribution in [-0.4, -0.2) is 15.0 Å². The van der Waals surface area contributed by atoms with Gasteiger partial charge in [-0.05, 0) is 72.8 Å². The van der Waals surface area contributed by atoms with E-state index < -0.39 is 0 Å². The monoisotopic (exact) mass is 677 g/mol. The van der Waals surface area contributed by atoms with Gasteiger partial charge < -0.3 is 4.42 Å². The van der Waals surface area contributed by atoms with Gasteiger partial charge in [-0.3, -0.25) is 0 Å². The molecule has 0 saturated carbocycles. The highest BCUT2D eigenvalue weighted by Gasteiger charge is 2.21. The van der Waals surface area contributed by atoms with Gasteiger partial charge in [0.05, 0.1) is 0 Å². The van der Waals surface area contributed by atoms with Crippen LogP contribution in [0, 0.1) is 0 Å². The normalized spacial score (nSPS) is 12.7. The molecule has 1 aliphatic carbocycles. The minimum absolute atomic E-state index is 0.639. The predicted molar refractivity (Wildman–Crippen MR) is 219 cm³/mol. The molecule has 0 atom stereocenters. The maximum atomic E-state index is 6.37. The molecule has 8 aromatic carbocycles. The fourth-order valence-electron chi connectivity index (χ4n) is 8.35. The van der Waals surface area contributed by atoms with Gasteiger partial charge in [0.25, 0.3) is 0 Å². The third-order valence-electron chi connectivity index (χ3n) is 10.8. The quantitative estimate of drug-likeness (QED) is 0.174. The van der Waals surface area contributed by atoms with Gasteiger partial charge in [0.2, 0.25) is 0 Å². The summed E-state index contributed by atoms with van der Waals surface area (Å²) in [6.07, 6.45) is 6.40. The summed E-state index contributed by atoms with van der Waals surface area (Å²) in [7, 11) is 0. The maximum Gasteiger partial charge on any atom is 0.164 e. The van der Waals surface area contributed by atoms with E-state index in [9.17, 15) is 0 Å². The number of nitrogens with zero attached hydrogens (tertiary/aromatic N) is 3. The molecular formula is C49H31N3O. The molecule has 0 amide bonds. The average Bonchev–Trinajstić information content (AvgIpc) is 3.62. The molecule has 53 heavy (non-hydrogen) atoms. The van der Waals surface area contributed by atoms with Gasteiger partial charge >= 0.3 is 0 Å². The van der Waals surface area contributed by atoms with Crippen LogP contribution in [0.3, 0.4) is 0 Å². The highest BCUT2D eigenvalue weighted by molar-refractivity contribution is 6.23. The van der Waals surface area contributed by atoms with Crippen LogP contribution < -0.4 is 0 Å². The SMILES string of the molecule is C1=Cc2c(oc3cccc(-c4cccc5c(-c6nc(-c7ccccc7)nc(-c7cc8ccccc8c8c7ccc7ccccc78)n6)cccc45)c23)CC1. The molecule has 0 unspecified atom stereocenters. The van der Waals surface area contributed by atoms with Crippen molar-refractivity contribution in [2.75, 3.05) is 0 Å². The van der Waals surface area contributed by atoms with E-state index in [1.54, 1.807) is 0 Å². The number of hydrogen-bond acceptors (Lipinski definition) is 4. The molecule has 0 bridgehead atoms. The number of benzene rings is 8. The number of fused-ring (bicyclic) bond motifs is 9. The first-order valence-electron chi connectivity index (χ1n) is 18.2. The lowest BCUT2D eigenvalue weighted by molar-refractivity contribution is 0.546. The van der Waals surface area contributed by atoms with Crippen molar-refractivity contribution in [3.63, 3.8) is 0 Å². The molecule has 4 heteroatoms. The summed E-state index contributed by atoms with van der Waals surface area (Å²) in [5.74, 6) is 2.99. The van der Waals surface area contributed by atoms with Crippen molar-refractivity contribution in [2.24, 2.45) is 0 Å². The fraction of sp³-hybridized carbons (Fsp3) is 0.0408. The second-order valence-corrected chi connectivity index (χ2v) is 13.8. The highest BCUT2D eigenvalue weighted by Crippen LogP contribution is 2.43. The summed E-state index contributed by atoms with van der Waals surface area (Å²) >= 11 is 0. The van der Waals surface area contributed by atoms with Crippen LogP contribution >= 0.6 is 0 Å². The Morgan fingerprint density at radius 3 is 1.92 bits per heavy atom. The number of allylic oxidation sites excluding steroid dienone is 1. The van der Waals surface area contributed by atoms with E-state index in [2.05, 4.69) is 146 Å². The number of hydrogen-bond donors (Lipinski definition) is 0. The molecule has 1 aliphatic rings. The van der Waals surface area contributed by atoms with E-state index in [0.717, 1.165) is 73.5 Å². The van der Waals surface area contributed by atoms with Crippen molar-refractivity contribution in [2.45, 2.75) is 12.8 Å². The lowest BCUT2D eigenvalue weighted by Crippen LogP contribution is -2.01. The Kier molecular flexibility index (Phi) is 6.65. The van der Waals surface area contributed by atoms with Crippen LogP contribution in [0.15, 0.2) is 162 Å². The van der Waals surface area contributed by atoms with Crippen LogP contribution in [0.1, 0.15) is 17.7 Å². The Morgan fingerprint density at radius 2 is 1.08 bits per heavy atom. The lowest BCUT2D eigenvalue weighted by atomic mass is 9.91. The van der Waals surface area contributed by atoms with Crippen molar-refractivity contribution in [1.29, 1.82) is 0 Å². The van der Waals surface area contributed by atoms with Gasteiger partial charge in [0.1, 0.15) is 11.3 Å². The summed E-state index contributed by atoms with van der Waals surface area (Å²) in [5.41, 5.74) is 7.33. The molecule has 0 N–H and O–H groups in total. The minimum Gasteiger partial charge on any atom is -0.460 e. The Hall–Kier alpha value is -6.91. The van der Waals surface area contributed by atoms with Crippen molar-refractivity contribution in [3.8, 4) is 45.3 Å². The molecule has 11 rings (SSSR count). The lowest BCUT2D eigenvalue weighted by Gasteiger charge is -2.15. The Bertz CT molecular complexity index is 3100. The summed E-state index contributed by atoms with van der Waals surface area (Å²) in [5, 5.41) is 10.5. The number of furan rings is 1. The molecule has 0 aliphatic heterocycles. The van der Waals surface area contributed by atoms with Crippen molar-refractivity contribution in [1.82, 2.24) is 15.0 Å². The van der Waals surface area contributed by atoms with Gasteiger partial charge in [-0.25, -0.2) is 15.0 Å². The predicted octanol–water partition coefficient (Wildman–Crippen LogP) is 12.9. The number of aromatic nitrogens is 3. The Morgan fingerprint density at radius 1 is 0.434 bits per heavy atom. The Balaban J connectivity index is 1.18. The standard InChI is InChI=1S/C49H31N3O/c1-2-14-31(15-3-1)47-50-48(52-49(51-47)42-29-32-16-5-7-18-34(32)45-33-17-6-4-13-30(33)27-28-39(42)45)40-24-11-20-35-36(21-10-22-37(35)40)38-23-12-26-44-46(38)41-19-8-9-25-43(41)53-44/h1-8,10-24,26-29H,9,25H2.